The van der Waals surface area contributed by atoms with E-state index in [1.807, 2.05) is 0 Å². The molecular weight excluding hydrogens is 143 g/mol. The standard InChI is InChI=1S/F2O.Y/c1-3-2;. The Morgan fingerprint density at radius 2 is 1.25 bits per heavy atom. The minimum Gasteiger partial charge on any atom is -0.0104 e. The predicted molar refractivity (Wildman–Crippen MR) is 3.30 cm³/mol. The van der Waals surface area contributed by atoms with Gasteiger partial charge in [-0.1, -0.05) is 0 Å². The van der Waals surface area contributed by atoms with Gasteiger partial charge in [-0.15, -0.1) is 0 Å². The first-order valence-electron chi connectivity index (χ1n) is 0.309. The van der Waals surface area contributed by atoms with Gasteiger partial charge in [-0.25, -0.2) is 0 Å². The maximum atomic E-state index is 9.12. The molecule has 0 fully saturated rings. The monoisotopic (exact) mass is 143 g/mol. The maximum absolute atomic E-state index is 9.12. The molecule has 0 aliphatic rings. The molecule has 4 heavy (non-hydrogen) atoms. The van der Waals surface area contributed by atoms with Gasteiger partial charge in [-0.2, -0.15) is 0 Å². The van der Waals surface area contributed by atoms with Crippen LogP contribution in [0.4, 0.5) is 9.05 Å². The SMILES string of the molecule is FOF.[Y]. The summed E-state index contributed by atoms with van der Waals surface area (Å²) in [6.45, 7) is 0. The summed E-state index contributed by atoms with van der Waals surface area (Å²) >= 11 is 0. The predicted octanol–water partition coefficient (Wildman–Crippen LogP) is 0.770. The topological polar surface area (TPSA) is 9.23 Å². The van der Waals surface area contributed by atoms with E-state index in [-0.39, 0.29) is 32.7 Å². The van der Waals surface area contributed by atoms with Crippen molar-refractivity contribution < 1.29 is 46.9 Å². The summed E-state index contributed by atoms with van der Waals surface area (Å²) < 4.78 is 18.2. The van der Waals surface area contributed by atoms with Crippen molar-refractivity contribution in [3.8, 4) is 0 Å². The number of hydrogen-bond acceptors (Lipinski definition) is 1. The third-order valence-corrected chi connectivity index (χ3v) is 0. The van der Waals surface area contributed by atoms with Gasteiger partial charge in [0.05, 0.1) is 0 Å². The molecule has 0 aliphatic heterocycles. The average molecular weight is 143 g/mol. The molecule has 1 radical (unpaired) electrons. The molecule has 4 heteroatoms. The second-order valence-corrected chi connectivity index (χ2v) is 0.0583. The van der Waals surface area contributed by atoms with E-state index in [2.05, 4.69) is 0 Å². The van der Waals surface area contributed by atoms with E-state index < -0.39 is 0 Å². The van der Waals surface area contributed by atoms with Crippen molar-refractivity contribution in [1.82, 2.24) is 0 Å². The fourth-order valence-corrected chi connectivity index (χ4v) is 0. The van der Waals surface area contributed by atoms with Crippen LogP contribution in [0, 0.1) is 0 Å². The average Bonchev–Trinajstić information content (AvgIpc) is 0.918. The molecule has 0 aromatic heterocycles. The fourth-order valence-electron chi connectivity index (χ4n) is 0. The van der Waals surface area contributed by atoms with E-state index in [1.165, 1.54) is 5.15 Å². The van der Waals surface area contributed by atoms with Crippen molar-refractivity contribution in [1.29, 1.82) is 0 Å². The molecule has 0 spiro atoms. The van der Waals surface area contributed by atoms with Gasteiger partial charge in [0.2, 0.25) is 0 Å². The summed E-state index contributed by atoms with van der Waals surface area (Å²) in [6, 6.07) is 0. The van der Waals surface area contributed by atoms with Crippen LogP contribution in [0.3, 0.4) is 0 Å². The third kappa shape index (κ3) is 12.7. The molecule has 0 unspecified atom stereocenters. The zero-order valence-electron chi connectivity index (χ0n) is 1.74. The van der Waals surface area contributed by atoms with Gasteiger partial charge in [0.25, 0.3) is 0 Å². The summed E-state index contributed by atoms with van der Waals surface area (Å²) in [5, 5.41) is 1.25. The minimum atomic E-state index is 0. The van der Waals surface area contributed by atoms with Gasteiger partial charge >= 0.3 is 0 Å². The van der Waals surface area contributed by atoms with Crippen LogP contribution >= 0.6 is 0 Å². The molecule has 0 atom stereocenters. The zero-order valence-corrected chi connectivity index (χ0v) is 4.58. The summed E-state index contributed by atoms with van der Waals surface area (Å²) in [6.07, 6.45) is 0. The van der Waals surface area contributed by atoms with Crippen LogP contribution in [0.5, 0.6) is 0 Å². The van der Waals surface area contributed by atoms with Crippen LogP contribution in [-0.2, 0) is 37.9 Å². The molecule has 0 saturated heterocycles. The Balaban J connectivity index is 0. The van der Waals surface area contributed by atoms with E-state index >= 15 is 0 Å². The Morgan fingerprint density at radius 1 is 1.25 bits per heavy atom. The quantitative estimate of drug-likeness (QED) is 0.486. The molecule has 0 saturated carbocycles. The Bertz CT molecular complexity index is 6.00. The first kappa shape index (κ1) is 8.87. The molecule has 0 N–H and O–H groups in total. The molecule has 0 aromatic rings. The van der Waals surface area contributed by atoms with Crippen LogP contribution in [0.1, 0.15) is 0 Å². The Labute approximate surface area is 47.0 Å². The van der Waals surface area contributed by atoms with Gasteiger partial charge in [0.1, 0.15) is 0 Å². The van der Waals surface area contributed by atoms with Gasteiger partial charge in [-0.05, 0) is 9.05 Å². The maximum Gasteiger partial charge on any atom is 0.0209 e. The van der Waals surface area contributed by atoms with Crippen LogP contribution < -0.4 is 0 Å². The van der Waals surface area contributed by atoms with E-state index in [0.29, 0.717) is 0 Å². The Kier molecular flexibility index (Phi) is 20.1. The van der Waals surface area contributed by atoms with Gasteiger partial charge in [0, 0.05) is 37.9 Å². The van der Waals surface area contributed by atoms with Crippen molar-refractivity contribution in [2.45, 2.75) is 0 Å². The second-order valence-electron chi connectivity index (χ2n) is 0.0583. The Morgan fingerprint density at radius 3 is 1.25 bits per heavy atom. The van der Waals surface area contributed by atoms with Gasteiger partial charge < -0.3 is 0 Å². The first-order chi connectivity index (χ1) is 1.41. The molecule has 0 bridgehead atoms. The van der Waals surface area contributed by atoms with Gasteiger partial charge in [-0.3, -0.25) is 0 Å². The molecule has 0 aromatic carbocycles. The molecule has 0 rings (SSSR count). The number of halogens is 2. The largest absolute Gasteiger partial charge is 0.0209 e. The van der Waals surface area contributed by atoms with Crippen molar-refractivity contribution in [3.63, 3.8) is 0 Å². The third-order valence-electron chi connectivity index (χ3n) is 0. The van der Waals surface area contributed by atoms with E-state index in [9.17, 15) is 0 Å². The summed E-state index contributed by atoms with van der Waals surface area (Å²) in [5.41, 5.74) is 0. The molecule has 0 aliphatic carbocycles. The normalized spacial score (nSPS) is 4.50. The molecule has 23 valence electrons. The molecule has 0 amide bonds. The van der Waals surface area contributed by atoms with Crippen molar-refractivity contribution >= 4 is 0 Å². The van der Waals surface area contributed by atoms with Crippen LogP contribution in [0.25, 0.3) is 0 Å². The number of rotatable bonds is 0. The molecular formula is F2OY. The molecule has 0 heterocycles. The van der Waals surface area contributed by atoms with E-state index in [4.69, 9.17) is 9.05 Å². The zero-order chi connectivity index (χ0) is 2.71. The van der Waals surface area contributed by atoms with Crippen LogP contribution in [-0.4, -0.2) is 0 Å². The summed E-state index contributed by atoms with van der Waals surface area (Å²) in [7, 11) is 0. The Hall–Kier alpha value is 0.924. The van der Waals surface area contributed by atoms with Crippen LogP contribution in [0.15, 0.2) is 0 Å². The van der Waals surface area contributed by atoms with Gasteiger partial charge in [0.15, 0.2) is 0 Å². The van der Waals surface area contributed by atoms with Crippen molar-refractivity contribution in [2.75, 3.05) is 0 Å². The fraction of sp³-hybridized carbons (Fsp3) is 0. The first-order valence-corrected chi connectivity index (χ1v) is 0.309. The smallest absolute Gasteiger partial charge is 0.0104 e. The van der Waals surface area contributed by atoms with Crippen LogP contribution in [0.2, 0.25) is 0 Å². The van der Waals surface area contributed by atoms with E-state index in [0.717, 1.165) is 0 Å². The number of hydrogen-bond donors (Lipinski definition) is 0. The van der Waals surface area contributed by atoms with Crippen molar-refractivity contribution in [2.24, 2.45) is 0 Å². The summed E-state index contributed by atoms with van der Waals surface area (Å²) in [5.74, 6) is 0. The minimum absolute atomic E-state index is 0. The molecule has 1 nitrogen and oxygen atoms in total. The van der Waals surface area contributed by atoms with E-state index in [1.54, 1.807) is 0 Å². The van der Waals surface area contributed by atoms with Crippen molar-refractivity contribution in [3.05, 3.63) is 0 Å². The summed E-state index contributed by atoms with van der Waals surface area (Å²) in [4.78, 5) is 0. The second kappa shape index (κ2) is 9.06.